The summed E-state index contributed by atoms with van der Waals surface area (Å²) in [7, 11) is 3.91. The molecule has 6 nitrogen and oxygen atoms in total. The van der Waals surface area contributed by atoms with Gasteiger partial charge in [0, 0.05) is 43.0 Å². The van der Waals surface area contributed by atoms with Crippen LogP contribution in [-0.4, -0.2) is 35.9 Å². The first-order valence-corrected chi connectivity index (χ1v) is 19.2. The highest BCUT2D eigenvalue weighted by atomic mass is 32.2. The maximum absolute atomic E-state index is 13.2. The Morgan fingerprint density at radius 2 is 1.02 bits per heavy atom. The van der Waals surface area contributed by atoms with Gasteiger partial charge in [-0.3, -0.25) is 9.59 Å². The second-order valence-corrected chi connectivity index (χ2v) is 16.8. The van der Waals surface area contributed by atoms with Crippen molar-refractivity contribution in [3.05, 3.63) is 138 Å². The zero-order valence-electron chi connectivity index (χ0n) is 27.3. The number of allylic oxidation sites excluding steroid dienone is 6. The van der Waals surface area contributed by atoms with E-state index in [-0.39, 0.29) is 23.1 Å². The number of carbonyl (C=O) groups is 2. The average molecular weight is 729 g/mol. The van der Waals surface area contributed by atoms with Crippen molar-refractivity contribution in [2.24, 2.45) is 0 Å². The van der Waals surface area contributed by atoms with Crippen molar-refractivity contribution in [2.45, 2.75) is 23.6 Å². The van der Waals surface area contributed by atoms with Crippen LogP contribution in [0.1, 0.15) is 20.9 Å². The number of thioether (sulfide) groups is 2. The molecule has 0 bridgehead atoms. The normalized spacial score (nSPS) is 20.4. The number of ketones is 2. The number of aliphatic hydroxyl groups is 2. The molecule has 0 saturated heterocycles. The monoisotopic (exact) mass is 728 g/mol. The fraction of sp³-hybridized carbons (Fsp3) is 0.100. The molecule has 0 spiro atoms. The molecule has 9 rings (SSSR count). The summed E-state index contributed by atoms with van der Waals surface area (Å²) < 4.78 is 2.31. The quantitative estimate of drug-likeness (QED) is 0.177. The fourth-order valence-electron chi connectivity index (χ4n) is 6.67. The van der Waals surface area contributed by atoms with Gasteiger partial charge in [-0.15, -0.1) is 22.7 Å². The van der Waals surface area contributed by atoms with E-state index in [0.717, 1.165) is 72.3 Å². The van der Waals surface area contributed by atoms with E-state index in [2.05, 4.69) is 36.4 Å². The summed E-state index contributed by atoms with van der Waals surface area (Å²) in [5.74, 6) is -0.275. The van der Waals surface area contributed by atoms with Gasteiger partial charge in [-0.2, -0.15) is 0 Å². The first-order chi connectivity index (χ1) is 24.1. The predicted octanol–water partition coefficient (Wildman–Crippen LogP) is 10.5. The Morgan fingerprint density at radius 3 is 1.42 bits per heavy atom. The molecule has 3 aromatic carbocycles. The van der Waals surface area contributed by atoms with Crippen molar-refractivity contribution >= 4 is 101 Å². The Hall–Kier alpha value is -4.74. The van der Waals surface area contributed by atoms with Gasteiger partial charge in [0.15, 0.2) is 0 Å². The van der Waals surface area contributed by atoms with Gasteiger partial charge in [0.2, 0.25) is 11.6 Å². The highest BCUT2D eigenvalue weighted by Crippen LogP contribution is 2.55. The first kappa shape index (κ1) is 31.3. The van der Waals surface area contributed by atoms with E-state index in [1.54, 1.807) is 70.5 Å². The van der Waals surface area contributed by atoms with Crippen LogP contribution in [0.4, 0.5) is 11.4 Å². The van der Waals surface area contributed by atoms with E-state index < -0.39 is 0 Å². The molecular formula is C40H28N2O4S4. The molecule has 0 radical (unpaired) electrons. The molecule has 0 unspecified atom stereocenters. The first-order valence-electron chi connectivity index (χ1n) is 15.9. The molecule has 2 aliphatic carbocycles. The number of thiophene rings is 2. The Kier molecular flexibility index (Phi) is 7.12. The number of hydrogen-bond donors (Lipinski definition) is 2. The molecule has 4 aliphatic rings. The molecule has 0 amide bonds. The molecular weight excluding hydrogens is 701 g/mol. The van der Waals surface area contributed by atoms with Crippen LogP contribution < -0.4 is 9.80 Å². The third-order valence-electron chi connectivity index (χ3n) is 9.70. The standard InChI is InChI=1S/C40H28N2O4S4/c1-19-21-9-5-7-11-29(21)47-31(19)13-23-37(43)25(38(23)44)15-35-41(3)27-17-28-34(18-33(27)49-35)50-36(42(28)4)16-26-39(45)24(40(26)46)14-32-20(2)22-10-6-8-12-30(22)48-32/h5-18,43,45H,1-4H3. The Labute approximate surface area is 304 Å². The van der Waals surface area contributed by atoms with Crippen molar-refractivity contribution in [3.8, 4) is 0 Å². The smallest absolute Gasteiger partial charge is 0.200 e. The number of fused-ring (bicyclic) bond motifs is 4. The van der Waals surface area contributed by atoms with Crippen molar-refractivity contribution in [3.63, 3.8) is 0 Å². The lowest BCUT2D eigenvalue weighted by atomic mass is 9.87. The minimum atomic E-state index is -0.163. The average Bonchev–Trinajstić information content (AvgIpc) is 3.83. The van der Waals surface area contributed by atoms with Gasteiger partial charge in [0.1, 0.15) is 11.5 Å². The molecule has 2 aromatic heterocycles. The summed E-state index contributed by atoms with van der Waals surface area (Å²) in [5.41, 5.74) is 5.50. The van der Waals surface area contributed by atoms with Gasteiger partial charge in [-0.25, -0.2) is 0 Å². The highest BCUT2D eigenvalue weighted by Gasteiger charge is 2.37. The third kappa shape index (κ3) is 4.62. The molecule has 246 valence electrons. The lowest BCUT2D eigenvalue weighted by Crippen LogP contribution is -2.22. The minimum absolute atomic E-state index is 0.0249. The van der Waals surface area contributed by atoms with Crippen LogP contribution in [0.15, 0.2) is 126 Å². The molecule has 0 fully saturated rings. The molecule has 5 aromatic rings. The van der Waals surface area contributed by atoms with Crippen molar-refractivity contribution < 1.29 is 19.8 Å². The van der Waals surface area contributed by atoms with Gasteiger partial charge in [0.25, 0.3) is 0 Å². The summed E-state index contributed by atoms with van der Waals surface area (Å²) in [6.45, 7) is 4.09. The van der Waals surface area contributed by atoms with Gasteiger partial charge in [-0.05, 0) is 84.3 Å². The number of rotatable bonds is 4. The Morgan fingerprint density at radius 1 is 0.600 bits per heavy atom. The van der Waals surface area contributed by atoms with Gasteiger partial charge < -0.3 is 20.0 Å². The topological polar surface area (TPSA) is 81.1 Å². The second kappa shape index (κ2) is 11.4. The number of hydrogen-bond acceptors (Lipinski definition) is 10. The summed E-state index contributed by atoms with van der Waals surface area (Å²) in [6, 6.07) is 20.5. The number of aryl methyl sites for hydroxylation is 2. The van der Waals surface area contributed by atoms with Gasteiger partial charge in [0.05, 0.1) is 43.7 Å². The molecule has 50 heavy (non-hydrogen) atoms. The van der Waals surface area contributed by atoms with Crippen LogP contribution in [0.25, 0.3) is 32.3 Å². The zero-order chi connectivity index (χ0) is 34.6. The highest BCUT2D eigenvalue weighted by molar-refractivity contribution is 8.04. The molecule has 2 aliphatic heterocycles. The Balaban J connectivity index is 0.953. The van der Waals surface area contributed by atoms with E-state index in [1.165, 1.54) is 0 Å². The van der Waals surface area contributed by atoms with E-state index in [4.69, 9.17) is 0 Å². The SMILES string of the molecule is Cc1c(C=C2C(=O)C(C=C3Sc4cc5c(cc4N3C)N(C)C(=CC3=C(O)C(=Cc4sc6ccccc6c4C)C3=O)S5)=C2O)sc2ccccc12. The van der Waals surface area contributed by atoms with E-state index in [1.807, 2.05) is 62.0 Å². The van der Waals surface area contributed by atoms with Crippen LogP contribution in [0.3, 0.4) is 0 Å². The molecule has 10 heteroatoms. The van der Waals surface area contributed by atoms with E-state index >= 15 is 0 Å². The number of benzene rings is 3. The minimum Gasteiger partial charge on any atom is -0.506 e. The van der Waals surface area contributed by atoms with Crippen molar-refractivity contribution in [1.82, 2.24) is 0 Å². The number of nitrogens with zero attached hydrogens (tertiary/aromatic N) is 2. The van der Waals surface area contributed by atoms with Crippen LogP contribution >= 0.6 is 46.2 Å². The summed E-state index contributed by atoms with van der Waals surface area (Å²) in [6.07, 6.45) is 7.15. The molecule has 0 saturated carbocycles. The van der Waals surface area contributed by atoms with Crippen LogP contribution in [0, 0.1) is 13.8 Å². The van der Waals surface area contributed by atoms with Crippen LogP contribution in [0.5, 0.6) is 0 Å². The van der Waals surface area contributed by atoms with Gasteiger partial charge >= 0.3 is 0 Å². The summed E-state index contributed by atoms with van der Waals surface area (Å²) in [4.78, 5) is 34.5. The number of aliphatic hydroxyl groups excluding tert-OH is 2. The lowest BCUT2D eigenvalue weighted by molar-refractivity contribution is -0.114. The van der Waals surface area contributed by atoms with Gasteiger partial charge in [-0.1, -0.05) is 59.9 Å². The second-order valence-electron chi connectivity index (χ2n) is 12.5. The van der Waals surface area contributed by atoms with Crippen molar-refractivity contribution in [2.75, 3.05) is 23.9 Å². The number of anilines is 2. The maximum Gasteiger partial charge on any atom is 0.200 e. The van der Waals surface area contributed by atoms with E-state index in [0.29, 0.717) is 22.3 Å². The summed E-state index contributed by atoms with van der Waals surface area (Å²) >= 11 is 6.33. The fourth-order valence-corrected chi connectivity index (χ4v) is 11.3. The molecule has 4 heterocycles. The lowest BCUT2D eigenvalue weighted by Gasteiger charge is -2.22. The zero-order valence-corrected chi connectivity index (χ0v) is 30.6. The maximum atomic E-state index is 13.2. The van der Waals surface area contributed by atoms with Crippen LogP contribution in [0.2, 0.25) is 0 Å². The van der Waals surface area contributed by atoms with Crippen molar-refractivity contribution in [1.29, 1.82) is 0 Å². The van der Waals surface area contributed by atoms with E-state index in [9.17, 15) is 19.8 Å². The largest absolute Gasteiger partial charge is 0.506 e. The molecule has 2 N–H and O–H groups in total. The molecule has 0 atom stereocenters. The Bertz CT molecular complexity index is 2440. The van der Waals surface area contributed by atoms with Crippen LogP contribution in [-0.2, 0) is 9.59 Å². The predicted molar refractivity (Wildman–Crippen MR) is 210 cm³/mol. The number of carbonyl (C=O) groups excluding carboxylic acids is 2. The third-order valence-corrected chi connectivity index (χ3v) is 14.4. The summed E-state index contributed by atoms with van der Waals surface area (Å²) in [5, 5.41) is 25.9. The number of Topliss-reactive ketones (excluding diaryl/α,β-unsaturated/α-hetero) is 2.